The van der Waals surface area contributed by atoms with Gasteiger partial charge in [0.15, 0.2) is 0 Å². The second kappa shape index (κ2) is 7.45. The highest BCUT2D eigenvalue weighted by Gasteiger charge is 2.35. The first-order chi connectivity index (χ1) is 10.9. The first-order valence-corrected chi connectivity index (χ1v) is 9.13. The zero-order valence-corrected chi connectivity index (χ0v) is 14.0. The van der Waals surface area contributed by atoms with Crippen LogP contribution >= 0.6 is 0 Å². The van der Waals surface area contributed by atoms with E-state index in [0.717, 1.165) is 0 Å². The molecule has 0 unspecified atom stereocenters. The average molecular weight is 348 g/mol. The molecule has 2 heterocycles. The predicted octanol–water partition coefficient (Wildman–Crippen LogP) is -1.53. The van der Waals surface area contributed by atoms with Gasteiger partial charge in [-0.25, -0.2) is 4.79 Å². The van der Waals surface area contributed by atoms with E-state index >= 15 is 0 Å². The van der Waals surface area contributed by atoms with Crippen molar-refractivity contribution in [1.29, 1.82) is 0 Å². The Morgan fingerprint density at radius 2 is 1.57 bits per heavy atom. The monoisotopic (exact) mass is 348 g/mol. The van der Waals surface area contributed by atoms with Crippen molar-refractivity contribution in [2.45, 2.75) is 19.8 Å². The van der Waals surface area contributed by atoms with Gasteiger partial charge in [-0.2, -0.15) is 17.0 Å². The first-order valence-electron chi connectivity index (χ1n) is 7.74. The van der Waals surface area contributed by atoms with E-state index < -0.39 is 28.2 Å². The summed E-state index contributed by atoms with van der Waals surface area (Å²) < 4.78 is 32.7. The summed E-state index contributed by atoms with van der Waals surface area (Å²) in [6.07, 6.45) is 0.105. The summed E-state index contributed by atoms with van der Waals surface area (Å²) in [5.41, 5.74) is 0. The molecule has 0 aromatic heterocycles. The Morgan fingerprint density at radius 3 is 2.04 bits per heavy atom. The fourth-order valence-corrected chi connectivity index (χ4v) is 4.43. The van der Waals surface area contributed by atoms with E-state index in [4.69, 9.17) is 4.74 Å². The van der Waals surface area contributed by atoms with Crippen LogP contribution < -0.4 is 5.11 Å². The molecule has 0 radical (unpaired) electrons. The predicted molar refractivity (Wildman–Crippen MR) is 78.4 cm³/mol. The number of hydrogen-bond donors (Lipinski definition) is 0. The topological polar surface area (TPSA) is 110 Å². The van der Waals surface area contributed by atoms with E-state index in [1.54, 1.807) is 6.92 Å². The summed E-state index contributed by atoms with van der Waals surface area (Å²) in [7, 11) is -3.62. The van der Waals surface area contributed by atoms with Crippen molar-refractivity contribution in [2.75, 3.05) is 45.9 Å². The van der Waals surface area contributed by atoms with Gasteiger partial charge in [0.2, 0.25) is 0 Å². The Morgan fingerprint density at radius 1 is 1.04 bits per heavy atom. The van der Waals surface area contributed by atoms with Gasteiger partial charge in [0.05, 0.1) is 6.61 Å². The van der Waals surface area contributed by atoms with Gasteiger partial charge in [-0.05, 0) is 19.8 Å². The third kappa shape index (κ3) is 4.12. The quantitative estimate of drug-likeness (QED) is 0.609. The lowest BCUT2D eigenvalue weighted by Gasteiger charge is -2.38. The van der Waals surface area contributed by atoms with Crippen molar-refractivity contribution in [2.24, 2.45) is 5.92 Å². The molecule has 2 saturated heterocycles. The summed E-state index contributed by atoms with van der Waals surface area (Å²) >= 11 is 0. The Balaban J connectivity index is 1.90. The maximum Gasteiger partial charge on any atom is 0.409 e. The number of piperidine rings is 1. The van der Waals surface area contributed by atoms with Crippen LogP contribution in [0.3, 0.4) is 0 Å². The molecule has 0 saturated carbocycles. The summed E-state index contributed by atoms with van der Waals surface area (Å²) in [6.45, 7) is 3.35. The lowest BCUT2D eigenvalue weighted by atomic mass is 9.99. The number of ether oxygens (including phenoxy) is 1. The van der Waals surface area contributed by atoms with Gasteiger partial charge >= 0.3 is 6.09 Å². The fraction of sp³-hybridized carbons (Fsp3) is 0.846. The molecule has 2 rings (SSSR count). The van der Waals surface area contributed by atoms with Crippen LogP contribution in [0.5, 0.6) is 0 Å². The highest BCUT2D eigenvalue weighted by Crippen LogP contribution is 2.21. The number of piperazine rings is 1. The van der Waals surface area contributed by atoms with Crippen LogP contribution in [0.25, 0.3) is 0 Å². The minimum absolute atomic E-state index is 0.180. The maximum absolute atomic E-state index is 12.6. The zero-order valence-electron chi connectivity index (χ0n) is 13.1. The Labute approximate surface area is 136 Å². The summed E-state index contributed by atoms with van der Waals surface area (Å²) in [6, 6.07) is 0. The molecule has 0 bridgehead atoms. The van der Waals surface area contributed by atoms with Gasteiger partial charge in [0.1, 0.15) is 0 Å². The molecule has 1 amide bonds. The largest absolute Gasteiger partial charge is 0.550 e. The number of carbonyl (C=O) groups excluding carboxylic acids is 2. The molecule has 2 fully saturated rings. The van der Waals surface area contributed by atoms with Crippen LogP contribution in [0, 0.1) is 5.92 Å². The molecule has 2 aliphatic heterocycles. The second-order valence-corrected chi connectivity index (χ2v) is 7.51. The molecule has 10 heteroatoms. The van der Waals surface area contributed by atoms with Crippen molar-refractivity contribution >= 4 is 22.3 Å². The van der Waals surface area contributed by atoms with E-state index in [0.29, 0.717) is 0 Å². The van der Waals surface area contributed by atoms with Gasteiger partial charge < -0.3 is 19.5 Å². The van der Waals surface area contributed by atoms with Gasteiger partial charge in [-0.3, -0.25) is 0 Å². The molecule has 132 valence electrons. The van der Waals surface area contributed by atoms with Gasteiger partial charge in [-0.1, -0.05) is 0 Å². The minimum atomic E-state index is -3.62. The van der Waals surface area contributed by atoms with Crippen molar-refractivity contribution in [1.82, 2.24) is 13.5 Å². The molecule has 9 nitrogen and oxygen atoms in total. The number of carboxylic acids is 1. The number of carbonyl (C=O) groups is 2. The van der Waals surface area contributed by atoms with Gasteiger partial charge in [0.25, 0.3) is 10.2 Å². The summed E-state index contributed by atoms with van der Waals surface area (Å²) in [5.74, 6) is -1.70. The van der Waals surface area contributed by atoms with Crippen LogP contribution in [0.4, 0.5) is 4.79 Å². The van der Waals surface area contributed by atoms with Crippen molar-refractivity contribution in [3.63, 3.8) is 0 Å². The van der Waals surface area contributed by atoms with E-state index in [2.05, 4.69) is 0 Å². The average Bonchev–Trinajstić information content (AvgIpc) is 2.55. The molecule has 0 spiro atoms. The molecular weight excluding hydrogens is 326 g/mol. The maximum atomic E-state index is 12.6. The van der Waals surface area contributed by atoms with Gasteiger partial charge in [0, 0.05) is 51.2 Å². The van der Waals surface area contributed by atoms with E-state index in [1.807, 2.05) is 0 Å². The van der Waals surface area contributed by atoms with E-state index in [-0.39, 0.29) is 58.7 Å². The molecule has 0 atom stereocenters. The number of carboxylic acid groups (broad SMARTS) is 1. The highest BCUT2D eigenvalue weighted by atomic mass is 32.2. The number of hydrogen-bond acceptors (Lipinski definition) is 6. The van der Waals surface area contributed by atoms with Crippen LogP contribution in [-0.2, 0) is 19.7 Å². The van der Waals surface area contributed by atoms with E-state index in [1.165, 1.54) is 13.5 Å². The van der Waals surface area contributed by atoms with Crippen LogP contribution in [0.2, 0.25) is 0 Å². The van der Waals surface area contributed by atoms with Crippen molar-refractivity contribution < 1.29 is 27.9 Å². The molecule has 23 heavy (non-hydrogen) atoms. The summed E-state index contributed by atoms with van der Waals surface area (Å²) in [5, 5.41) is 10.8. The Kier molecular flexibility index (Phi) is 5.82. The molecule has 2 aliphatic rings. The normalized spacial score (nSPS) is 22.0. The highest BCUT2D eigenvalue weighted by molar-refractivity contribution is 7.86. The zero-order chi connectivity index (χ0) is 17.0. The number of rotatable bonds is 4. The SMILES string of the molecule is CCOC(=O)N1CCN(S(=O)(=O)N2CCC(C(=O)[O-])CC2)CC1. The minimum Gasteiger partial charge on any atom is -0.550 e. The van der Waals surface area contributed by atoms with Crippen LogP contribution in [-0.4, -0.2) is 79.9 Å². The Bertz CT molecular complexity index is 536. The number of aliphatic carboxylic acids is 1. The number of nitrogens with zero attached hydrogens (tertiary/aromatic N) is 3. The molecule has 0 aromatic carbocycles. The Hall–Kier alpha value is -1.39. The molecular formula is C13H22N3O6S-. The van der Waals surface area contributed by atoms with Crippen molar-refractivity contribution in [3.8, 4) is 0 Å². The standard InChI is InChI=1S/C13H23N3O6S/c1-2-22-13(19)14-7-9-16(10-8-14)23(20,21)15-5-3-11(4-6-15)12(17)18/h11H,2-10H2,1H3,(H,17,18)/p-1. The third-order valence-electron chi connectivity index (χ3n) is 4.20. The summed E-state index contributed by atoms with van der Waals surface area (Å²) in [4.78, 5) is 23.9. The first kappa shape index (κ1) is 18.0. The molecule has 0 aliphatic carbocycles. The van der Waals surface area contributed by atoms with E-state index in [9.17, 15) is 23.1 Å². The molecule has 0 N–H and O–H groups in total. The lowest BCUT2D eigenvalue weighted by molar-refractivity contribution is -0.312. The smallest absolute Gasteiger partial charge is 0.409 e. The van der Waals surface area contributed by atoms with Crippen LogP contribution in [0.15, 0.2) is 0 Å². The third-order valence-corrected chi connectivity index (χ3v) is 6.24. The van der Waals surface area contributed by atoms with Gasteiger partial charge in [-0.15, -0.1) is 0 Å². The van der Waals surface area contributed by atoms with Crippen molar-refractivity contribution in [3.05, 3.63) is 0 Å². The number of amides is 1. The molecule has 0 aromatic rings. The van der Waals surface area contributed by atoms with Crippen LogP contribution in [0.1, 0.15) is 19.8 Å². The second-order valence-electron chi connectivity index (χ2n) is 5.59. The lowest BCUT2D eigenvalue weighted by Crippen LogP contribution is -2.55. The fourth-order valence-electron chi connectivity index (χ4n) is 2.80.